The molecule has 0 spiro atoms. The van der Waals surface area contributed by atoms with Crippen molar-refractivity contribution in [2.24, 2.45) is 12.0 Å². The lowest BCUT2D eigenvalue weighted by molar-refractivity contribution is 0.194. The molecule has 2 heterocycles. The molecule has 0 unspecified atom stereocenters. The van der Waals surface area contributed by atoms with Gasteiger partial charge in [-0.2, -0.15) is 5.10 Å². The molecule has 2 aromatic rings. The number of piperazine rings is 1. The molecule has 1 fully saturated rings. The van der Waals surface area contributed by atoms with Crippen molar-refractivity contribution < 1.29 is 0 Å². The third-order valence-corrected chi connectivity index (χ3v) is 4.79. The Labute approximate surface area is 185 Å². The molecule has 1 aliphatic rings. The van der Waals surface area contributed by atoms with E-state index in [2.05, 4.69) is 63.6 Å². The highest BCUT2D eigenvalue weighted by Gasteiger charge is 2.18. The first-order chi connectivity index (χ1) is 13.3. The molecule has 0 atom stereocenters. The van der Waals surface area contributed by atoms with Gasteiger partial charge in [0, 0.05) is 52.5 Å². The van der Waals surface area contributed by atoms with Crippen LogP contribution >= 0.6 is 24.0 Å². The highest BCUT2D eigenvalue weighted by atomic mass is 127. The summed E-state index contributed by atoms with van der Waals surface area (Å²) >= 11 is 0. The molecular weight excluding hydrogens is 463 g/mol. The summed E-state index contributed by atoms with van der Waals surface area (Å²) in [5, 5.41) is 7.64. The van der Waals surface area contributed by atoms with E-state index in [1.54, 1.807) is 0 Å². The van der Waals surface area contributed by atoms with Crippen LogP contribution in [0.3, 0.4) is 0 Å². The minimum atomic E-state index is 0. The summed E-state index contributed by atoms with van der Waals surface area (Å²) in [6.07, 6.45) is 6.28. The lowest BCUT2D eigenvalue weighted by Crippen LogP contribution is -2.52. The Balaban J connectivity index is 0.00000280. The molecule has 0 saturated carbocycles. The second-order valence-corrected chi connectivity index (χ2v) is 6.72. The van der Waals surface area contributed by atoms with Crippen LogP contribution in [0.25, 0.3) is 6.08 Å². The van der Waals surface area contributed by atoms with Crippen LogP contribution in [0.15, 0.2) is 53.7 Å². The Morgan fingerprint density at radius 1 is 1.14 bits per heavy atom. The zero-order valence-electron chi connectivity index (χ0n) is 16.8. The Kier molecular flexibility index (Phi) is 9.49. The van der Waals surface area contributed by atoms with Crippen molar-refractivity contribution in [3.8, 4) is 0 Å². The molecule has 1 saturated heterocycles. The minimum absolute atomic E-state index is 0. The molecule has 1 N–H and O–H groups in total. The summed E-state index contributed by atoms with van der Waals surface area (Å²) in [6, 6.07) is 12.5. The molecule has 3 rings (SSSR count). The van der Waals surface area contributed by atoms with Crippen LogP contribution in [0.4, 0.5) is 0 Å². The molecule has 0 aliphatic carbocycles. The normalized spacial score (nSPS) is 15.6. The molecule has 1 aliphatic heterocycles. The van der Waals surface area contributed by atoms with Crippen molar-refractivity contribution in [2.75, 3.05) is 39.3 Å². The molecule has 0 bridgehead atoms. The van der Waals surface area contributed by atoms with Gasteiger partial charge in [0.25, 0.3) is 0 Å². The first kappa shape index (κ1) is 22.4. The van der Waals surface area contributed by atoms with Crippen LogP contribution in [-0.2, 0) is 13.6 Å². The number of rotatable bonds is 6. The molecular formula is C21H31IN6. The van der Waals surface area contributed by atoms with Crippen molar-refractivity contribution >= 4 is 36.0 Å². The number of benzene rings is 1. The van der Waals surface area contributed by atoms with E-state index in [-0.39, 0.29) is 24.0 Å². The van der Waals surface area contributed by atoms with Crippen LogP contribution in [0.1, 0.15) is 18.2 Å². The summed E-state index contributed by atoms with van der Waals surface area (Å²) in [6.45, 7) is 8.73. The van der Waals surface area contributed by atoms with Crippen molar-refractivity contribution in [3.05, 3.63) is 59.9 Å². The van der Waals surface area contributed by atoms with Gasteiger partial charge in [0.1, 0.15) is 0 Å². The van der Waals surface area contributed by atoms with E-state index in [0.29, 0.717) is 6.54 Å². The maximum atomic E-state index is 4.81. The standard InChI is InChI=1S/C21H30N6.HI/c1-3-22-21(23-18-20-11-12-24-25(20)2)27-16-14-26(15-17-27)13-7-10-19-8-5-4-6-9-19;/h4-12H,3,13-18H2,1-2H3,(H,22,23);1H. The second-order valence-electron chi connectivity index (χ2n) is 6.72. The smallest absolute Gasteiger partial charge is 0.194 e. The molecule has 28 heavy (non-hydrogen) atoms. The van der Waals surface area contributed by atoms with Gasteiger partial charge >= 0.3 is 0 Å². The third kappa shape index (κ3) is 6.63. The number of nitrogens with zero attached hydrogens (tertiary/aromatic N) is 5. The summed E-state index contributed by atoms with van der Waals surface area (Å²) in [5.41, 5.74) is 2.38. The molecule has 1 aromatic carbocycles. The highest BCUT2D eigenvalue weighted by molar-refractivity contribution is 14.0. The van der Waals surface area contributed by atoms with Gasteiger partial charge in [-0.1, -0.05) is 42.5 Å². The summed E-state index contributed by atoms with van der Waals surface area (Å²) < 4.78 is 1.88. The van der Waals surface area contributed by atoms with E-state index >= 15 is 0 Å². The number of halogens is 1. The van der Waals surface area contributed by atoms with E-state index in [1.807, 2.05) is 30.1 Å². The molecule has 152 valence electrons. The summed E-state index contributed by atoms with van der Waals surface area (Å²) in [5.74, 6) is 0.998. The van der Waals surface area contributed by atoms with Gasteiger partial charge in [0.2, 0.25) is 0 Å². The highest BCUT2D eigenvalue weighted by Crippen LogP contribution is 2.06. The predicted molar refractivity (Wildman–Crippen MR) is 127 cm³/mol. The van der Waals surface area contributed by atoms with Crippen LogP contribution in [0.5, 0.6) is 0 Å². The maximum Gasteiger partial charge on any atom is 0.194 e. The van der Waals surface area contributed by atoms with Gasteiger partial charge in [-0.25, -0.2) is 4.99 Å². The maximum absolute atomic E-state index is 4.81. The quantitative estimate of drug-likeness (QED) is 0.381. The lowest BCUT2D eigenvalue weighted by Gasteiger charge is -2.36. The largest absolute Gasteiger partial charge is 0.357 e. The Morgan fingerprint density at radius 2 is 1.89 bits per heavy atom. The Hall–Kier alpha value is -1.87. The van der Waals surface area contributed by atoms with Crippen molar-refractivity contribution in [3.63, 3.8) is 0 Å². The Morgan fingerprint density at radius 3 is 2.54 bits per heavy atom. The number of nitrogens with one attached hydrogen (secondary N) is 1. The van der Waals surface area contributed by atoms with Gasteiger partial charge in [-0.15, -0.1) is 24.0 Å². The molecule has 1 aromatic heterocycles. The van der Waals surface area contributed by atoms with Crippen molar-refractivity contribution in [1.82, 2.24) is 24.9 Å². The number of aromatic nitrogens is 2. The van der Waals surface area contributed by atoms with Crippen LogP contribution in [-0.4, -0.2) is 64.8 Å². The fourth-order valence-corrected chi connectivity index (χ4v) is 3.18. The first-order valence-corrected chi connectivity index (χ1v) is 9.70. The minimum Gasteiger partial charge on any atom is -0.357 e. The average molecular weight is 494 g/mol. The predicted octanol–water partition coefficient (Wildman–Crippen LogP) is 2.83. The van der Waals surface area contributed by atoms with Gasteiger partial charge in [0.15, 0.2) is 5.96 Å². The van der Waals surface area contributed by atoms with Gasteiger partial charge in [-0.05, 0) is 18.6 Å². The van der Waals surface area contributed by atoms with E-state index in [9.17, 15) is 0 Å². The molecule has 7 heteroatoms. The Bertz CT molecular complexity index is 747. The zero-order valence-corrected chi connectivity index (χ0v) is 19.1. The number of hydrogen-bond acceptors (Lipinski definition) is 3. The lowest BCUT2D eigenvalue weighted by atomic mass is 10.2. The fourth-order valence-electron chi connectivity index (χ4n) is 3.18. The van der Waals surface area contributed by atoms with E-state index in [4.69, 9.17) is 4.99 Å². The van der Waals surface area contributed by atoms with Crippen molar-refractivity contribution in [1.29, 1.82) is 0 Å². The van der Waals surface area contributed by atoms with Crippen LogP contribution in [0, 0.1) is 0 Å². The monoisotopic (exact) mass is 494 g/mol. The SMILES string of the molecule is CCNC(=NCc1ccnn1C)N1CCN(CC=Cc2ccccc2)CC1.I. The number of aryl methyl sites for hydroxylation is 1. The summed E-state index contributed by atoms with van der Waals surface area (Å²) in [4.78, 5) is 9.65. The second kappa shape index (κ2) is 11.9. The van der Waals surface area contributed by atoms with Gasteiger partial charge < -0.3 is 10.2 Å². The zero-order chi connectivity index (χ0) is 18.9. The molecule has 0 radical (unpaired) electrons. The number of aliphatic imine (C=N–C) groups is 1. The first-order valence-electron chi connectivity index (χ1n) is 9.70. The topological polar surface area (TPSA) is 48.7 Å². The third-order valence-electron chi connectivity index (χ3n) is 4.79. The number of hydrogen-bond donors (Lipinski definition) is 1. The van der Waals surface area contributed by atoms with Crippen LogP contribution < -0.4 is 5.32 Å². The van der Waals surface area contributed by atoms with Crippen LogP contribution in [0.2, 0.25) is 0 Å². The van der Waals surface area contributed by atoms with Gasteiger partial charge in [0.05, 0.1) is 12.2 Å². The molecule has 0 amide bonds. The van der Waals surface area contributed by atoms with E-state index < -0.39 is 0 Å². The molecule has 6 nitrogen and oxygen atoms in total. The number of guanidine groups is 1. The average Bonchev–Trinajstić information content (AvgIpc) is 3.11. The van der Waals surface area contributed by atoms with E-state index in [0.717, 1.165) is 50.9 Å². The van der Waals surface area contributed by atoms with Crippen molar-refractivity contribution in [2.45, 2.75) is 13.5 Å². The summed E-state index contributed by atoms with van der Waals surface area (Å²) in [7, 11) is 1.96. The van der Waals surface area contributed by atoms with Gasteiger partial charge in [-0.3, -0.25) is 9.58 Å². The fraction of sp³-hybridized carbons (Fsp3) is 0.429. The van der Waals surface area contributed by atoms with E-state index in [1.165, 1.54) is 5.56 Å².